The van der Waals surface area contributed by atoms with E-state index in [-0.39, 0.29) is 12.1 Å². The average molecular weight is 207 g/mol. The number of hydrogen-bond donors (Lipinski definition) is 1. The van der Waals surface area contributed by atoms with Crippen molar-refractivity contribution in [3.05, 3.63) is 23.8 Å². The second kappa shape index (κ2) is 4.11. The summed E-state index contributed by atoms with van der Waals surface area (Å²) in [6.45, 7) is 4.73. The van der Waals surface area contributed by atoms with Crippen molar-refractivity contribution < 1.29 is 9.47 Å². The van der Waals surface area contributed by atoms with Gasteiger partial charge in [-0.15, -0.1) is 0 Å². The van der Waals surface area contributed by atoms with Crippen LogP contribution in [-0.2, 0) is 0 Å². The van der Waals surface area contributed by atoms with Gasteiger partial charge in [-0.3, -0.25) is 0 Å². The van der Waals surface area contributed by atoms with Crippen molar-refractivity contribution in [1.82, 2.24) is 0 Å². The maximum atomic E-state index is 6.01. The lowest BCUT2D eigenvalue weighted by molar-refractivity contribution is 0.238. The van der Waals surface area contributed by atoms with Gasteiger partial charge in [0, 0.05) is 18.0 Å². The molecule has 1 aromatic carbocycles. The molecule has 3 heteroatoms. The zero-order chi connectivity index (χ0) is 10.8. The molecule has 0 saturated heterocycles. The van der Waals surface area contributed by atoms with Gasteiger partial charge < -0.3 is 15.2 Å². The van der Waals surface area contributed by atoms with Crippen molar-refractivity contribution in [3.8, 4) is 11.5 Å². The second-order valence-electron chi connectivity index (χ2n) is 4.11. The summed E-state index contributed by atoms with van der Waals surface area (Å²) in [7, 11) is 0. The first-order chi connectivity index (χ1) is 7.16. The minimum absolute atomic E-state index is 0.0736. The molecule has 3 nitrogen and oxygen atoms in total. The van der Waals surface area contributed by atoms with Crippen molar-refractivity contribution in [3.63, 3.8) is 0 Å². The maximum Gasteiger partial charge on any atom is 0.124 e. The van der Waals surface area contributed by atoms with E-state index in [1.165, 1.54) is 0 Å². The normalized spacial score (nSPS) is 19.6. The van der Waals surface area contributed by atoms with Crippen molar-refractivity contribution in [2.45, 2.75) is 32.4 Å². The summed E-state index contributed by atoms with van der Waals surface area (Å²) in [5, 5.41) is 0. The van der Waals surface area contributed by atoms with Gasteiger partial charge in [-0.25, -0.2) is 0 Å². The van der Waals surface area contributed by atoms with Gasteiger partial charge >= 0.3 is 0 Å². The van der Waals surface area contributed by atoms with E-state index in [4.69, 9.17) is 15.2 Å². The van der Waals surface area contributed by atoms with E-state index >= 15 is 0 Å². The molecule has 0 aliphatic carbocycles. The Morgan fingerprint density at radius 3 is 3.00 bits per heavy atom. The van der Waals surface area contributed by atoms with E-state index in [2.05, 4.69) is 0 Å². The quantitative estimate of drug-likeness (QED) is 0.809. The van der Waals surface area contributed by atoms with Crippen LogP contribution in [0.1, 0.15) is 31.9 Å². The van der Waals surface area contributed by atoms with Crippen molar-refractivity contribution in [2.24, 2.45) is 5.73 Å². The maximum absolute atomic E-state index is 6.01. The number of rotatable bonds is 2. The van der Waals surface area contributed by atoms with Crippen LogP contribution in [0.4, 0.5) is 0 Å². The lowest BCUT2D eigenvalue weighted by Gasteiger charge is -2.23. The summed E-state index contributed by atoms with van der Waals surface area (Å²) in [4.78, 5) is 0. The zero-order valence-electron chi connectivity index (χ0n) is 9.19. The van der Waals surface area contributed by atoms with E-state index in [0.29, 0.717) is 6.61 Å². The summed E-state index contributed by atoms with van der Waals surface area (Å²) in [6.07, 6.45) is 1.06. The van der Waals surface area contributed by atoms with E-state index in [0.717, 1.165) is 23.5 Å². The summed E-state index contributed by atoms with van der Waals surface area (Å²) < 4.78 is 11.1. The van der Waals surface area contributed by atoms with Gasteiger partial charge in [0.15, 0.2) is 0 Å². The van der Waals surface area contributed by atoms with E-state index in [9.17, 15) is 0 Å². The highest BCUT2D eigenvalue weighted by Crippen LogP contribution is 2.33. The van der Waals surface area contributed by atoms with Crippen LogP contribution in [0.5, 0.6) is 11.5 Å². The largest absolute Gasteiger partial charge is 0.493 e. The van der Waals surface area contributed by atoms with Crippen molar-refractivity contribution >= 4 is 0 Å². The van der Waals surface area contributed by atoms with Gasteiger partial charge in [-0.05, 0) is 32.0 Å². The van der Waals surface area contributed by atoms with Crippen LogP contribution in [0.25, 0.3) is 0 Å². The molecule has 1 aromatic rings. The SMILES string of the molecule is CC(C)Oc1ccc2c(c1)C(N)CCO2. The predicted molar refractivity (Wildman–Crippen MR) is 59.2 cm³/mol. The van der Waals surface area contributed by atoms with E-state index in [1.807, 2.05) is 32.0 Å². The molecule has 0 radical (unpaired) electrons. The van der Waals surface area contributed by atoms with E-state index < -0.39 is 0 Å². The number of nitrogens with two attached hydrogens (primary N) is 1. The monoisotopic (exact) mass is 207 g/mol. The molecular weight excluding hydrogens is 190 g/mol. The van der Waals surface area contributed by atoms with Gasteiger partial charge in [-0.2, -0.15) is 0 Å². The lowest BCUT2D eigenvalue weighted by atomic mass is 10.0. The molecule has 0 amide bonds. The first-order valence-corrected chi connectivity index (χ1v) is 5.36. The highest BCUT2D eigenvalue weighted by atomic mass is 16.5. The third-order valence-electron chi connectivity index (χ3n) is 2.44. The Morgan fingerprint density at radius 2 is 2.27 bits per heavy atom. The molecule has 1 heterocycles. The molecule has 0 spiro atoms. The Labute approximate surface area is 90.2 Å². The minimum Gasteiger partial charge on any atom is -0.493 e. The smallest absolute Gasteiger partial charge is 0.124 e. The first-order valence-electron chi connectivity index (χ1n) is 5.36. The lowest BCUT2D eigenvalue weighted by Crippen LogP contribution is -2.20. The summed E-state index contributed by atoms with van der Waals surface area (Å²) in [5.41, 5.74) is 7.07. The Balaban J connectivity index is 2.27. The number of fused-ring (bicyclic) bond motifs is 1. The first kappa shape index (κ1) is 10.3. The Kier molecular flexibility index (Phi) is 2.82. The Morgan fingerprint density at radius 1 is 1.47 bits per heavy atom. The summed E-state index contributed by atoms with van der Waals surface area (Å²) in [6, 6.07) is 5.92. The average Bonchev–Trinajstić information content (AvgIpc) is 2.18. The molecule has 0 bridgehead atoms. The number of benzene rings is 1. The molecule has 15 heavy (non-hydrogen) atoms. The third kappa shape index (κ3) is 2.23. The van der Waals surface area contributed by atoms with Crippen molar-refractivity contribution in [2.75, 3.05) is 6.61 Å². The van der Waals surface area contributed by atoms with Crippen LogP contribution in [0, 0.1) is 0 Å². The van der Waals surface area contributed by atoms with Gasteiger partial charge in [0.1, 0.15) is 11.5 Å². The van der Waals surface area contributed by atoms with Crippen LogP contribution in [0.2, 0.25) is 0 Å². The predicted octanol–water partition coefficient (Wildman–Crippen LogP) is 2.26. The molecule has 2 N–H and O–H groups in total. The topological polar surface area (TPSA) is 44.5 Å². The molecular formula is C12H17NO2. The molecule has 1 aliphatic rings. The van der Waals surface area contributed by atoms with Crippen molar-refractivity contribution in [1.29, 1.82) is 0 Å². The minimum atomic E-state index is 0.0736. The molecule has 1 atom stereocenters. The molecule has 0 fully saturated rings. The van der Waals surface area contributed by atoms with Crippen LogP contribution in [0.15, 0.2) is 18.2 Å². The molecule has 0 saturated carbocycles. The van der Waals surface area contributed by atoms with Gasteiger partial charge in [0.25, 0.3) is 0 Å². The third-order valence-corrected chi connectivity index (χ3v) is 2.44. The molecule has 2 rings (SSSR count). The molecule has 1 unspecified atom stereocenters. The zero-order valence-corrected chi connectivity index (χ0v) is 9.19. The standard InChI is InChI=1S/C12H17NO2/c1-8(2)15-9-3-4-12-10(7-9)11(13)5-6-14-12/h3-4,7-8,11H,5-6,13H2,1-2H3. The van der Waals surface area contributed by atoms with Gasteiger partial charge in [0.05, 0.1) is 12.7 Å². The Bertz CT molecular complexity index is 349. The molecule has 0 aromatic heterocycles. The number of hydrogen-bond acceptors (Lipinski definition) is 3. The van der Waals surface area contributed by atoms with E-state index in [1.54, 1.807) is 0 Å². The van der Waals surface area contributed by atoms with Gasteiger partial charge in [0.2, 0.25) is 0 Å². The highest BCUT2D eigenvalue weighted by Gasteiger charge is 2.18. The van der Waals surface area contributed by atoms with Crippen LogP contribution in [0.3, 0.4) is 0 Å². The fraction of sp³-hybridized carbons (Fsp3) is 0.500. The van der Waals surface area contributed by atoms with Gasteiger partial charge in [-0.1, -0.05) is 0 Å². The highest BCUT2D eigenvalue weighted by molar-refractivity contribution is 5.43. The van der Waals surface area contributed by atoms with Crippen LogP contribution in [-0.4, -0.2) is 12.7 Å². The molecule has 1 aliphatic heterocycles. The molecule has 82 valence electrons. The summed E-state index contributed by atoms with van der Waals surface area (Å²) >= 11 is 0. The summed E-state index contributed by atoms with van der Waals surface area (Å²) in [5.74, 6) is 1.76. The number of ether oxygens (including phenoxy) is 2. The fourth-order valence-electron chi connectivity index (χ4n) is 1.74. The van der Waals surface area contributed by atoms with Crippen LogP contribution >= 0.6 is 0 Å². The second-order valence-corrected chi connectivity index (χ2v) is 4.11. The Hall–Kier alpha value is -1.22. The van der Waals surface area contributed by atoms with Crippen LogP contribution < -0.4 is 15.2 Å². The fourth-order valence-corrected chi connectivity index (χ4v) is 1.74.